The highest BCUT2D eigenvalue weighted by molar-refractivity contribution is 14.1. The van der Waals surface area contributed by atoms with E-state index in [9.17, 15) is 4.79 Å². The molecule has 1 rings (SSSR count). The Morgan fingerprint density at radius 1 is 1.33 bits per heavy atom. The fourth-order valence-corrected chi connectivity index (χ4v) is 2.01. The van der Waals surface area contributed by atoms with Gasteiger partial charge in [-0.3, -0.25) is 0 Å². The second-order valence-electron chi connectivity index (χ2n) is 4.49. The molecule has 82 valence electrons. The highest BCUT2D eigenvalue weighted by Crippen LogP contribution is 2.18. The van der Waals surface area contributed by atoms with E-state index < -0.39 is 5.60 Å². The number of carbonyl (C=O) groups is 1. The molecule has 2 nitrogen and oxygen atoms in total. The molecule has 0 radical (unpaired) electrons. The molecule has 0 unspecified atom stereocenters. The molecule has 0 atom stereocenters. The van der Waals surface area contributed by atoms with Gasteiger partial charge in [-0.2, -0.15) is 0 Å². The van der Waals surface area contributed by atoms with Gasteiger partial charge in [-0.15, -0.1) is 0 Å². The van der Waals surface area contributed by atoms with E-state index in [4.69, 9.17) is 4.74 Å². The van der Waals surface area contributed by atoms with Crippen LogP contribution in [0.25, 0.3) is 0 Å². The minimum Gasteiger partial charge on any atom is -0.456 e. The molecule has 15 heavy (non-hydrogen) atoms. The summed E-state index contributed by atoms with van der Waals surface area (Å²) in [6.07, 6.45) is 0. The minimum absolute atomic E-state index is 0.257. The van der Waals surface area contributed by atoms with Gasteiger partial charge in [-0.1, -0.05) is 11.6 Å². The maximum absolute atomic E-state index is 11.8. The first-order valence-corrected chi connectivity index (χ1v) is 5.87. The van der Waals surface area contributed by atoms with Gasteiger partial charge in [-0.25, -0.2) is 4.79 Å². The van der Waals surface area contributed by atoms with Crippen molar-refractivity contribution in [2.75, 3.05) is 0 Å². The Kier molecular flexibility index (Phi) is 3.76. The van der Waals surface area contributed by atoms with E-state index in [1.165, 1.54) is 0 Å². The van der Waals surface area contributed by atoms with Gasteiger partial charge < -0.3 is 4.74 Å². The number of halogens is 1. The van der Waals surface area contributed by atoms with Gasteiger partial charge >= 0.3 is 5.97 Å². The monoisotopic (exact) mass is 318 g/mol. The van der Waals surface area contributed by atoms with Crippen LogP contribution < -0.4 is 0 Å². The summed E-state index contributed by atoms with van der Waals surface area (Å²) < 4.78 is 6.23. The summed E-state index contributed by atoms with van der Waals surface area (Å²) in [5.41, 5.74) is 1.34. The number of hydrogen-bond donors (Lipinski definition) is 0. The van der Waals surface area contributed by atoms with Crippen LogP contribution in [0.3, 0.4) is 0 Å². The molecule has 0 aliphatic carbocycles. The zero-order valence-electron chi connectivity index (χ0n) is 9.43. The molecule has 0 aromatic heterocycles. The summed E-state index contributed by atoms with van der Waals surface area (Å²) in [5, 5.41) is 0. The number of ether oxygens (including phenoxy) is 1. The average Bonchev–Trinajstić information content (AvgIpc) is 1.99. The molecule has 0 fully saturated rings. The van der Waals surface area contributed by atoms with E-state index in [1.54, 1.807) is 0 Å². The van der Waals surface area contributed by atoms with Crippen LogP contribution in [0.1, 0.15) is 36.7 Å². The molecule has 1 aromatic carbocycles. The zero-order chi connectivity index (χ0) is 11.6. The first-order chi connectivity index (χ1) is 6.79. The van der Waals surface area contributed by atoms with E-state index in [2.05, 4.69) is 22.6 Å². The van der Waals surface area contributed by atoms with Crippen LogP contribution in [0, 0.1) is 10.5 Å². The third-order valence-corrected chi connectivity index (χ3v) is 2.64. The Labute approximate surface area is 104 Å². The van der Waals surface area contributed by atoms with Crippen LogP contribution in [0.5, 0.6) is 0 Å². The Morgan fingerprint density at radius 2 is 1.93 bits per heavy atom. The van der Waals surface area contributed by atoms with Crippen molar-refractivity contribution in [3.05, 3.63) is 32.9 Å². The van der Waals surface area contributed by atoms with Crippen molar-refractivity contribution in [1.82, 2.24) is 0 Å². The van der Waals surface area contributed by atoms with E-state index in [1.807, 2.05) is 45.9 Å². The Morgan fingerprint density at radius 3 is 2.40 bits per heavy atom. The maximum Gasteiger partial charge on any atom is 0.339 e. The van der Waals surface area contributed by atoms with Gasteiger partial charge in [0, 0.05) is 3.57 Å². The molecule has 0 spiro atoms. The van der Waals surface area contributed by atoms with Crippen LogP contribution in [-0.4, -0.2) is 11.6 Å². The summed E-state index contributed by atoms with van der Waals surface area (Å²) >= 11 is 2.15. The van der Waals surface area contributed by atoms with Gasteiger partial charge in [0.25, 0.3) is 0 Å². The summed E-state index contributed by atoms with van der Waals surface area (Å²) in [7, 11) is 0. The fraction of sp³-hybridized carbons (Fsp3) is 0.417. The molecule has 1 aromatic rings. The SMILES string of the molecule is Cc1ccc(C(=O)OC(C)(C)C)c(I)c1. The second-order valence-corrected chi connectivity index (χ2v) is 5.65. The second kappa shape index (κ2) is 4.51. The number of esters is 1. The number of rotatable bonds is 1. The van der Waals surface area contributed by atoms with Gasteiger partial charge in [-0.05, 0) is 62.4 Å². The molecule has 0 aliphatic rings. The lowest BCUT2D eigenvalue weighted by molar-refractivity contribution is 0.00683. The smallest absolute Gasteiger partial charge is 0.339 e. The molecule has 0 saturated heterocycles. The molecule has 0 amide bonds. The third kappa shape index (κ3) is 3.81. The molecule has 0 heterocycles. The van der Waals surface area contributed by atoms with Crippen molar-refractivity contribution < 1.29 is 9.53 Å². The molecular formula is C12H15IO2. The van der Waals surface area contributed by atoms with Crippen molar-refractivity contribution in [3.63, 3.8) is 0 Å². The van der Waals surface area contributed by atoms with E-state index >= 15 is 0 Å². The lowest BCUT2D eigenvalue weighted by atomic mass is 10.1. The van der Waals surface area contributed by atoms with E-state index in [0.717, 1.165) is 9.13 Å². The first kappa shape index (κ1) is 12.5. The van der Waals surface area contributed by atoms with Crippen molar-refractivity contribution in [3.8, 4) is 0 Å². The van der Waals surface area contributed by atoms with E-state index in [-0.39, 0.29) is 5.97 Å². The Hall–Kier alpha value is -0.580. The molecule has 0 N–H and O–H groups in total. The topological polar surface area (TPSA) is 26.3 Å². The Bertz CT molecular complexity index is 378. The predicted molar refractivity (Wildman–Crippen MR) is 69.1 cm³/mol. The third-order valence-electron chi connectivity index (χ3n) is 1.74. The summed E-state index contributed by atoms with van der Waals surface area (Å²) in [6.45, 7) is 7.60. The summed E-state index contributed by atoms with van der Waals surface area (Å²) in [4.78, 5) is 11.8. The van der Waals surface area contributed by atoms with Gasteiger partial charge in [0.15, 0.2) is 0 Å². The first-order valence-electron chi connectivity index (χ1n) is 4.79. The van der Waals surface area contributed by atoms with Crippen LogP contribution >= 0.6 is 22.6 Å². The minimum atomic E-state index is -0.439. The number of aryl methyl sites for hydroxylation is 1. The van der Waals surface area contributed by atoms with Gasteiger partial charge in [0.05, 0.1) is 5.56 Å². The largest absolute Gasteiger partial charge is 0.456 e. The lowest BCUT2D eigenvalue weighted by Crippen LogP contribution is -2.24. The standard InChI is InChI=1S/C12H15IO2/c1-8-5-6-9(10(13)7-8)11(14)15-12(2,3)4/h5-7H,1-4H3. The fourth-order valence-electron chi connectivity index (χ4n) is 1.12. The maximum atomic E-state index is 11.8. The van der Waals surface area contributed by atoms with Crippen LogP contribution in [0.2, 0.25) is 0 Å². The quantitative estimate of drug-likeness (QED) is 0.585. The number of benzene rings is 1. The van der Waals surface area contributed by atoms with Crippen LogP contribution in [0.4, 0.5) is 0 Å². The molecular weight excluding hydrogens is 303 g/mol. The highest BCUT2D eigenvalue weighted by atomic mass is 127. The molecule has 0 aliphatic heterocycles. The van der Waals surface area contributed by atoms with Gasteiger partial charge in [0.2, 0.25) is 0 Å². The molecule has 0 bridgehead atoms. The molecule has 3 heteroatoms. The number of carbonyl (C=O) groups excluding carboxylic acids is 1. The predicted octanol–water partition coefficient (Wildman–Crippen LogP) is 3.55. The van der Waals surface area contributed by atoms with Crippen LogP contribution in [0.15, 0.2) is 18.2 Å². The summed E-state index contributed by atoms with van der Waals surface area (Å²) in [5.74, 6) is -0.257. The van der Waals surface area contributed by atoms with Gasteiger partial charge in [0.1, 0.15) is 5.60 Å². The van der Waals surface area contributed by atoms with E-state index in [0.29, 0.717) is 5.56 Å². The highest BCUT2D eigenvalue weighted by Gasteiger charge is 2.19. The average molecular weight is 318 g/mol. The summed E-state index contributed by atoms with van der Waals surface area (Å²) in [6, 6.07) is 5.70. The lowest BCUT2D eigenvalue weighted by Gasteiger charge is -2.19. The van der Waals surface area contributed by atoms with Crippen molar-refractivity contribution >= 4 is 28.6 Å². The number of hydrogen-bond acceptors (Lipinski definition) is 2. The van der Waals surface area contributed by atoms with Crippen molar-refractivity contribution in [2.24, 2.45) is 0 Å². The normalized spacial score (nSPS) is 11.3. The van der Waals surface area contributed by atoms with Crippen molar-refractivity contribution in [1.29, 1.82) is 0 Å². The zero-order valence-corrected chi connectivity index (χ0v) is 11.6. The van der Waals surface area contributed by atoms with Crippen molar-refractivity contribution in [2.45, 2.75) is 33.3 Å². The molecule has 0 saturated carbocycles. The van der Waals surface area contributed by atoms with Crippen LogP contribution in [-0.2, 0) is 4.74 Å². The Balaban J connectivity index is 2.92.